The molecule has 0 heterocycles. The molecule has 0 aromatic rings. The lowest BCUT2D eigenvalue weighted by Gasteiger charge is -2.37. The van der Waals surface area contributed by atoms with Gasteiger partial charge in [-0.25, -0.2) is 0 Å². The Balaban J connectivity index is 4.20. The first kappa shape index (κ1) is 13.5. The first-order valence-electron chi connectivity index (χ1n) is 5.29. The van der Waals surface area contributed by atoms with Crippen molar-refractivity contribution in [1.29, 1.82) is 0 Å². The van der Waals surface area contributed by atoms with E-state index in [0.29, 0.717) is 12.1 Å². The summed E-state index contributed by atoms with van der Waals surface area (Å²) >= 11 is -0.909. The van der Waals surface area contributed by atoms with Gasteiger partial charge in [0.05, 0.1) is 6.23 Å². The highest BCUT2D eigenvalue weighted by atomic mass is 27.2. The predicted octanol–water partition coefficient (Wildman–Crippen LogP) is 2.72. The second kappa shape index (κ2) is 6.03. The van der Waals surface area contributed by atoms with Gasteiger partial charge in [-0.2, -0.15) is 0 Å². The van der Waals surface area contributed by atoms with Crippen LogP contribution in [0.25, 0.3) is 0 Å². The van der Waals surface area contributed by atoms with E-state index in [2.05, 4.69) is 51.1 Å². The molecule has 0 saturated carbocycles. The Labute approximate surface area is 88.0 Å². The Bertz CT molecular complexity index is 129. The molecule has 0 radical (unpaired) electrons. The fraction of sp³-hybridized carbons (Fsp3) is 1.00. The summed E-state index contributed by atoms with van der Waals surface area (Å²) in [7, 11) is 0. The molecule has 0 aromatic carbocycles. The highest BCUT2D eigenvalue weighted by Crippen LogP contribution is 2.12. The minimum Gasteiger partial charge on any atom is -0.487 e. The molecule has 0 aliphatic carbocycles. The molecular formula is C10H24AlNO. The van der Waals surface area contributed by atoms with Gasteiger partial charge in [0, 0.05) is 12.1 Å². The summed E-state index contributed by atoms with van der Waals surface area (Å²) < 4.78 is 5.90. The normalized spacial score (nSPS) is 14.3. The van der Waals surface area contributed by atoms with Gasteiger partial charge >= 0.3 is 14.5 Å². The fourth-order valence-corrected chi connectivity index (χ4v) is 2.83. The largest absolute Gasteiger partial charge is 0.487 e. The highest BCUT2D eigenvalue weighted by molar-refractivity contribution is 6.48. The average molecular weight is 201 g/mol. The zero-order valence-corrected chi connectivity index (χ0v) is 11.3. The Morgan fingerprint density at radius 2 is 1.31 bits per heavy atom. The molecule has 3 heteroatoms. The Kier molecular flexibility index (Phi) is 6.24. The van der Waals surface area contributed by atoms with E-state index in [0.717, 1.165) is 0 Å². The van der Waals surface area contributed by atoms with E-state index in [1.807, 2.05) is 0 Å². The fourth-order valence-electron chi connectivity index (χ4n) is 1.90. The standard InChI is InChI=1S/C8H18NO.2CH3.Al/c1-6(2)9(7(3)4)8(5)10;;;/h6-8H,1-5H3;2*1H3;/q-1;;;+1. The third kappa shape index (κ3) is 5.03. The van der Waals surface area contributed by atoms with Crippen molar-refractivity contribution in [2.75, 3.05) is 0 Å². The summed E-state index contributed by atoms with van der Waals surface area (Å²) in [6, 6.07) is 1.12. The molecule has 2 nitrogen and oxygen atoms in total. The van der Waals surface area contributed by atoms with Gasteiger partial charge in [-0.3, -0.25) is 4.90 Å². The summed E-state index contributed by atoms with van der Waals surface area (Å²) in [5, 5.41) is 0. The maximum absolute atomic E-state index is 5.90. The minimum absolute atomic E-state index is 0.270. The molecule has 0 saturated heterocycles. The third-order valence-electron chi connectivity index (χ3n) is 2.08. The minimum atomic E-state index is -0.909. The van der Waals surface area contributed by atoms with Crippen LogP contribution in [0.1, 0.15) is 34.6 Å². The molecule has 0 rings (SSSR count). The van der Waals surface area contributed by atoms with Crippen LogP contribution < -0.4 is 0 Å². The molecule has 0 spiro atoms. The Morgan fingerprint density at radius 1 is 0.923 bits per heavy atom. The van der Waals surface area contributed by atoms with Crippen molar-refractivity contribution in [2.24, 2.45) is 0 Å². The predicted molar refractivity (Wildman–Crippen MR) is 60.1 cm³/mol. The molecule has 78 valence electrons. The number of hydrogen-bond donors (Lipinski definition) is 0. The third-order valence-corrected chi connectivity index (χ3v) is 3.02. The smallest absolute Gasteiger partial charge is 0.455 e. The first-order chi connectivity index (χ1) is 5.86. The molecule has 0 aliphatic rings. The molecule has 0 aromatic heterocycles. The summed E-state index contributed by atoms with van der Waals surface area (Å²) in [5.74, 6) is 4.44. The molecule has 0 amide bonds. The quantitative estimate of drug-likeness (QED) is 0.501. The molecule has 13 heavy (non-hydrogen) atoms. The molecule has 1 unspecified atom stereocenters. The van der Waals surface area contributed by atoms with Crippen molar-refractivity contribution in [2.45, 2.75) is 64.5 Å². The van der Waals surface area contributed by atoms with Crippen LogP contribution in [0.5, 0.6) is 0 Å². The SMILES string of the molecule is CC(C)N(C(C)C)C(C)[O][Al]([CH3])[CH3]. The lowest BCUT2D eigenvalue weighted by molar-refractivity contribution is -0.00680. The number of nitrogens with zero attached hydrogens (tertiary/aromatic N) is 1. The van der Waals surface area contributed by atoms with Crippen LogP contribution in [0.4, 0.5) is 0 Å². The first-order valence-corrected chi connectivity index (χ1v) is 8.07. The summed E-state index contributed by atoms with van der Waals surface area (Å²) in [5.41, 5.74) is 0. The van der Waals surface area contributed by atoms with Gasteiger partial charge in [0.25, 0.3) is 0 Å². The van der Waals surface area contributed by atoms with Crippen molar-refractivity contribution in [3.8, 4) is 0 Å². The molecule has 0 fully saturated rings. The lowest BCUT2D eigenvalue weighted by atomic mass is 10.2. The van der Waals surface area contributed by atoms with Gasteiger partial charge < -0.3 is 3.79 Å². The van der Waals surface area contributed by atoms with Crippen molar-refractivity contribution in [1.82, 2.24) is 4.90 Å². The average Bonchev–Trinajstić information content (AvgIpc) is 1.81. The monoisotopic (exact) mass is 201 g/mol. The van der Waals surface area contributed by atoms with E-state index >= 15 is 0 Å². The van der Waals surface area contributed by atoms with Gasteiger partial charge in [-0.1, -0.05) is 11.6 Å². The highest BCUT2D eigenvalue weighted by Gasteiger charge is 2.22. The van der Waals surface area contributed by atoms with Crippen molar-refractivity contribution in [3.05, 3.63) is 0 Å². The van der Waals surface area contributed by atoms with Gasteiger partial charge in [0.2, 0.25) is 0 Å². The van der Waals surface area contributed by atoms with E-state index in [1.165, 1.54) is 0 Å². The zero-order chi connectivity index (χ0) is 10.6. The van der Waals surface area contributed by atoms with Crippen molar-refractivity contribution < 1.29 is 3.79 Å². The van der Waals surface area contributed by atoms with Crippen molar-refractivity contribution >= 4 is 14.5 Å². The topological polar surface area (TPSA) is 12.5 Å². The summed E-state index contributed by atoms with van der Waals surface area (Å²) in [4.78, 5) is 2.41. The van der Waals surface area contributed by atoms with E-state index < -0.39 is 14.5 Å². The van der Waals surface area contributed by atoms with Crippen molar-refractivity contribution in [3.63, 3.8) is 0 Å². The van der Waals surface area contributed by atoms with Crippen LogP contribution in [-0.2, 0) is 3.79 Å². The lowest BCUT2D eigenvalue weighted by Crippen LogP contribution is -2.46. The molecule has 0 bridgehead atoms. The van der Waals surface area contributed by atoms with Crippen LogP contribution in [0.3, 0.4) is 0 Å². The van der Waals surface area contributed by atoms with Gasteiger partial charge in [0.1, 0.15) is 0 Å². The Hall–Kier alpha value is 0.452. The number of hydrogen-bond acceptors (Lipinski definition) is 2. The summed E-state index contributed by atoms with van der Waals surface area (Å²) in [6.07, 6.45) is 0.270. The summed E-state index contributed by atoms with van der Waals surface area (Å²) in [6.45, 7) is 11.1. The zero-order valence-electron chi connectivity index (χ0n) is 10.2. The molecule has 0 N–H and O–H groups in total. The van der Waals surface area contributed by atoms with Gasteiger partial charge in [-0.15, -0.1) is 0 Å². The Morgan fingerprint density at radius 3 is 1.54 bits per heavy atom. The van der Waals surface area contributed by atoms with Gasteiger partial charge in [0.15, 0.2) is 0 Å². The van der Waals surface area contributed by atoms with Crippen LogP contribution in [0.2, 0.25) is 11.6 Å². The molecular weight excluding hydrogens is 177 g/mol. The van der Waals surface area contributed by atoms with E-state index in [4.69, 9.17) is 3.79 Å². The van der Waals surface area contributed by atoms with E-state index in [-0.39, 0.29) is 6.23 Å². The van der Waals surface area contributed by atoms with E-state index in [1.54, 1.807) is 0 Å². The second-order valence-electron chi connectivity index (χ2n) is 4.42. The number of rotatable bonds is 5. The maximum Gasteiger partial charge on any atom is 0.455 e. The maximum atomic E-state index is 5.90. The van der Waals surface area contributed by atoms with E-state index in [9.17, 15) is 0 Å². The second-order valence-corrected chi connectivity index (χ2v) is 6.79. The van der Waals surface area contributed by atoms with Crippen LogP contribution in [0.15, 0.2) is 0 Å². The van der Waals surface area contributed by atoms with Crippen LogP contribution in [0, 0.1) is 0 Å². The van der Waals surface area contributed by atoms with Crippen LogP contribution in [-0.4, -0.2) is 37.7 Å². The van der Waals surface area contributed by atoms with Crippen LogP contribution >= 0.6 is 0 Å². The molecule has 0 aliphatic heterocycles. The van der Waals surface area contributed by atoms with Gasteiger partial charge in [-0.05, 0) is 34.6 Å². The molecule has 1 atom stereocenters.